The number of ether oxygens (including phenoxy) is 1. The average molecular weight is 384 g/mol. The summed E-state index contributed by atoms with van der Waals surface area (Å²) in [4.78, 5) is 20.7. The maximum atomic E-state index is 12.2. The van der Waals surface area contributed by atoms with Crippen LogP contribution in [0.25, 0.3) is 0 Å². The number of halogens is 1. The van der Waals surface area contributed by atoms with Crippen LogP contribution in [-0.2, 0) is 4.74 Å². The highest BCUT2D eigenvalue weighted by molar-refractivity contribution is 9.10. The van der Waals surface area contributed by atoms with E-state index in [1.54, 1.807) is 4.90 Å². The molecule has 1 fully saturated rings. The zero-order valence-electron chi connectivity index (χ0n) is 14.6. The van der Waals surface area contributed by atoms with E-state index < -0.39 is 5.60 Å². The maximum absolute atomic E-state index is 12.2. The molecule has 5 nitrogen and oxygen atoms in total. The summed E-state index contributed by atoms with van der Waals surface area (Å²) in [5, 5.41) is 0. The van der Waals surface area contributed by atoms with Crippen LogP contribution in [0.5, 0.6) is 0 Å². The van der Waals surface area contributed by atoms with Gasteiger partial charge in [-0.2, -0.15) is 0 Å². The molecule has 1 amide bonds. The van der Waals surface area contributed by atoms with Gasteiger partial charge in [-0.05, 0) is 68.1 Å². The number of hydrogen-bond acceptors (Lipinski definition) is 4. The first kappa shape index (κ1) is 18.0. The molecule has 1 aliphatic rings. The van der Waals surface area contributed by atoms with Crippen LogP contribution in [0.2, 0.25) is 0 Å². The molecule has 0 N–H and O–H groups in total. The number of pyridine rings is 1. The summed E-state index contributed by atoms with van der Waals surface area (Å²) >= 11 is 3.63. The van der Waals surface area contributed by atoms with Crippen LogP contribution in [0, 0.1) is 6.92 Å². The molecule has 128 valence electrons. The zero-order chi connectivity index (χ0) is 17.2. The summed E-state index contributed by atoms with van der Waals surface area (Å²) in [6, 6.07) is 2.21. The lowest BCUT2D eigenvalue weighted by molar-refractivity contribution is 0.0201. The van der Waals surface area contributed by atoms with E-state index in [2.05, 4.69) is 32.7 Å². The van der Waals surface area contributed by atoms with Gasteiger partial charge < -0.3 is 14.5 Å². The average Bonchev–Trinajstić information content (AvgIpc) is 2.48. The van der Waals surface area contributed by atoms with Gasteiger partial charge in [0.25, 0.3) is 0 Å². The molecule has 0 bridgehead atoms. The Hall–Kier alpha value is -1.30. The molecule has 1 saturated heterocycles. The van der Waals surface area contributed by atoms with Gasteiger partial charge in [0.05, 0.1) is 4.47 Å². The number of rotatable bonds is 2. The van der Waals surface area contributed by atoms with E-state index in [0.29, 0.717) is 0 Å². The fourth-order valence-electron chi connectivity index (χ4n) is 2.69. The van der Waals surface area contributed by atoms with Gasteiger partial charge in [0, 0.05) is 32.4 Å². The number of hydrogen-bond donors (Lipinski definition) is 0. The van der Waals surface area contributed by atoms with E-state index in [0.717, 1.165) is 36.2 Å². The molecule has 1 aromatic heterocycles. The lowest BCUT2D eigenvalue weighted by Crippen LogP contribution is -2.47. The first-order valence-corrected chi connectivity index (χ1v) is 8.80. The zero-order valence-corrected chi connectivity index (χ0v) is 16.2. The number of carbonyl (C=O) groups is 1. The van der Waals surface area contributed by atoms with Crippen molar-refractivity contribution in [3.63, 3.8) is 0 Å². The monoisotopic (exact) mass is 383 g/mol. The van der Waals surface area contributed by atoms with Crippen molar-refractivity contribution in [2.45, 2.75) is 52.2 Å². The second-order valence-electron chi connectivity index (χ2n) is 7.07. The number of aryl methyl sites for hydroxylation is 1. The smallest absolute Gasteiger partial charge is 0.410 e. The van der Waals surface area contributed by atoms with Gasteiger partial charge >= 0.3 is 6.09 Å². The highest BCUT2D eigenvalue weighted by atomic mass is 79.9. The Morgan fingerprint density at radius 3 is 2.57 bits per heavy atom. The lowest BCUT2D eigenvalue weighted by atomic mass is 10.0. The third kappa shape index (κ3) is 4.59. The van der Waals surface area contributed by atoms with Gasteiger partial charge in [-0.15, -0.1) is 0 Å². The standard InChI is InChI=1S/C17H26BrN3O2/c1-12-6-9-19-15(14(12)18)21-10-7-13(8-11-21)20(5)16(22)23-17(2,3)4/h6,9,13H,7-8,10-11H2,1-5H3. The third-order valence-corrected chi connectivity index (χ3v) is 5.04. The van der Waals surface area contributed by atoms with E-state index in [9.17, 15) is 4.79 Å². The molecule has 0 radical (unpaired) electrons. The summed E-state index contributed by atoms with van der Waals surface area (Å²) in [6.45, 7) is 9.50. The molecular weight excluding hydrogens is 358 g/mol. The van der Waals surface area contributed by atoms with Crippen molar-refractivity contribution in [1.82, 2.24) is 9.88 Å². The molecule has 1 aromatic rings. The lowest BCUT2D eigenvalue weighted by Gasteiger charge is -2.38. The van der Waals surface area contributed by atoms with Crippen molar-refractivity contribution in [3.8, 4) is 0 Å². The normalized spacial score (nSPS) is 16.3. The predicted octanol–water partition coefficient (Wildman–Crippen LogP) is 3.99. The van der Waals surface area contributed by atoms with Crippen LogP contribution >= 0.6 is 15.9 Å². The highest BCUT2D eigenvalue weighted by Crippen LogP contribution is 2.29. The minimum Gasteiger partial charge on any atom is -0.444 e. The minimum atomic E-state index is -0.456. The molecule has 2 rings (SSSR count). The Labute approximate surface area is 147 Å². The first-order chi connectivity index (χ1) is 10.7. The molecule has 23 heavy (non-hydrogen) atoms. The first-order valence-electron chi connectivity index (χ1n) is 8.01. The van der Waals surface area contributed by atoms with Crippen molar-refractivity contribution in [2.24, 2.45) is 0 Å². The number of aromatic nitrogens is 1. The van der Waals surface area contributed by atoms with Crippen molar-refractivity contribution in [2.75, 3.05) is 25.0 Å². The molecule has 2 heterocycles. The van der Waals surface area contributed by atoms with Crippen LogP contribution in [0.1, 0.15) is 39.2 Å². The van der Waals surface area contributed by atoms with E-state index >= 15 is 0 Å². The predicted molar refractivity (Wildman–Crippen MR) is 95.9 cm³/mol. The quantitative estimate of drug-likeness (QED) is 0.774. The Balaban J connectivity index is 1.96. The minimum absolute atomic E-state index is 0.213. The van der Waals surface area contributed by atoms with Crippen LogP contribution in [0.4, 0.5) is 10.6 Å². The number of amides is 1. The molecule has 0 aliphatic carbocycles. The molecular formula is C17H26BrN3O2. The van der Waals surface area contributed by atoms with E-state index in [-0.39, 0.29) is 12.1 Å². The van der Waals surface area contributed by atoms with Crippen LogP contribution < -0.4 is 4.90 Å². The Bertz CT molecular complexity index is 563. The number of piperidine rings is 1. The van der Waals surface area contributed by atoms with Crippen LogP contribution in [-0.4, -0.2) is 47.8 Å². The second kappa shape index (κ2) is 7.07. The van der Waals surface area contributed by atoms with Gasteiger partial charge in [-0.3, -0.25) is 0 Å². The van der Waals surface area contributed by atoms with Crippen LogP contribution in [0.15, 0.2) is 16.7 Å². The summed E-state index contributed by atoms with van der Waals surface area (Å²) in [5.41, 5.74) is 0.727. The third-order valence-electron chi connectivity index (χ3n) is 4.06. The topological polar surface area (TPSA) is 45.7 Å². The Morgan fingerprint density at radius 2 is 2.00 bits per heavy atom. The number of nitrogens with zero attached hydrogens (tertiary/aromatic N) is 3. The van der Waals surface area contributed by atoms with Crippen molar-refractivity contribution < 1.29 is 9.53 Å². The molecule has 0 spiro atoms. The van der Waals surface area contributed by atoms with Crippen LogP contribution in [0.3, 0.4) is 0 Å². The van der Waals surface area contributed by atoms with E-state index in [1.165, 1.54) is 5.56 Å². The number of anilines is 1. The number of carbonyl (C=O) groups excluding carboxylic acids is 1. The van der Waals surface area contributed by atoms with Gasteiger partial charge in [-0.1, -0.05) is 0 Å². The summed E-state index contributed by atoms with van der Waals surface area (Å²) in [5.74, 6) is 0.989. The van der Waals surface area contributed by atoms with Crippen molar-refractivity contribution in [3.05, 3.63) is 22.3 Å². The van der Waals surface area contributed by atoms with Gasteiger partial charge in [0.15, 0.2) is 0 Å². The summed E-state index contributed by atoms with van der Waals surface area (Å²) < 4.78 is 6.51. The molecule has 0 saturated carbocycles. The Morgan fingerprint density at radius 1 is 1.39 bits per heavy atom. The summed E-state index contributed by atoms with van der Waals surface area (Å²) in [6.07, 6.45) is 3.43. The van der Waals surface area contributed by atoms with Gasteiger partial charge in [-0.25, -0.2) is 9.78 Å². The second-order valence-corrected chi connectivity index (χ2v) is 7.87. The Kier molecular flexibility index (Phi) is 5.55. The van der Waals surface area contributed by atoms with Crippen molar-refractivity contribution >= 4 is 27.8 Å². The summed E-state index contributed by atoms with van der Waals surface area (Å²) in [7, 11) is 1.83. The fraction of sp³-hybridized carbons (Fsp3) is 0.647. The molecule has 0 aromatic carbocycles. The van der Waals surface area contributed by atoms with Crippen molar-refractivity contribution in [1.29, 1.82) is 0 Å². The van der Waals surface area contributed by atoms with Gasteiger partial charge in [0.2, 0.25) is 0 Å². The van der Waals surface area contributed by atoms with E-state index in [1.807, 2.05) is 40.1 Å². The largest absolute Gasteiger partial charge is 0.444 e. The molecule has 1 aliphatic heterocycles. The van der Waals surface area contributed by atoms with E-state index in [4.69, 9.17) is 4.74 Å². The molecule has 6 heteroatoms. The SMILES string of the molecule is Cc1ccnc(N2CCC(N(C)C(=O)OC(C)(C)C)CC2)c1Br. The molecule has 0 atom stereocenters. The fourth-order valence-corrected chi connectivity index (χ4v) is 3.18. The molecule has 0 unspecified atom stereocenters. The maximum Gasteiger partial charge on any atom is 0.410 e. The van der Waals surface area contributed by atoms with Gasteiger partial charge in [0.1, 0.15) is 11.4 Å². The highest BCUT2D eigenvalue weighted by Gasteiger charge is 2.29.